The molecule has 1 aliphatic heterocycles. The molecule has 1 atom stereocenters. The molecule has 4 heteroatoms. The highest BCUT2D eigenvalue weighted by atomic mass is 19.1. The maximum absolute atomic E-state index is 13.0. The smallest absolute Gasteiger partial charge is 0.173 e. The number of rotatable bonds is 1. The van der Waals surface area contributed by atoms with Crippen molar-refractivity contribution < 1.29 is 13.5 Å². The van der Waals surface area contributed by atoms with Crippen molar-refractivity contribution in [1.29, 1.82) is 0 Å². The van der Waals surface area contributed by atoms with Gasteiger partial charge in [-0.1, -0.05) is 0 Å². The van der Waals surface area contributed by atoms with Crippen LogP contribution in [0, 0.1) is 12.7 Å². The fourth-order valence-electron chi connectivity index (χ4n) is 1.93. The molecule has 0 fully saturated rings. The SMILES string of the molecule is Cc1ccc(C2CNc3cc(F)ccc3O2)o1. The van der Waals surface area contributed by atoms with E-state index in [4.69, 9.17) is 9.15 Å². The lowest BCUT2D eigenvalue weighted by molar-refractivity contribution is 0.179. The summed E-state index contributed by atoms with van der Waals surface area (Å²) in [4.78, 5) is 0. The molecule has 88 valence electrons. The number of fused-ring (bicyclic) bond motifs is 1. The summed E-state index contributed by atoms with van der Waals surface area (Å²) in [6.07, 6.45) is -0.165. The summed E-state index contributed by atoms with van der Waals surface area (Å²) in [5.41, 5.74) is 0.685. The minimum absolute atomic E-state index is 0.165. The van der Waals surface area contributed by atoms with E-state index < -0.39 is 0 Å². The quantitative estimate of drug-likeness (QED) is 0.820. The van der Waals surface area contributed by atoms with Crippen LogP contribution in [0.25, 0.3) is 0 Å². The van der Waals surface area contributed by atoms with Crippen molar-refractivity contribution in [2.24, 2.45) is 0 Å². The van der Waals surface area contributed by atoms with E-state index in [1.807, 2.05) is 19.1 Å². The third-order valence-corrected chi connectivity index (χ3v) is 2.77. The Morgan fingerprint density at radius 3 is 2.94 bits per heavy atom. The second kappa shape index (κ2) is 3.80. The Morgan fingerprint density at radius 2 is 2.18 bits per heavy atom. The van der Waals surface area contributed by atoms with E-state index in [1.165, 1.54) is 12.1 Å². The van der Waals surface area contributed by atoms with Gasteiger partial charge in [-0.15, -0.1) is 0 Å². The normalized spacial score (nSPS) is 18.1. The zero-order chi connectivity index (χ0) is 11.8. The zero-order valence-corrected chi connectivity index (χ0v) is 9.37. The summed E-state index contributed by atoms with van der Waals surface area (Å²) >= 11 is 0. The van der Waals surface area contributed by atoms with Crippen LogP contribution < -0.4 is 10.1 Å². The third-order valence-electron chi connectivity index (χ3n) is 2.77. The Balaban J connectivity index is 1.88. The number of anilines is 1. The predicted octanol–water partition coefficient (Wildman–Crippen LogP) is 3.27. The van der Waals surface area contributed by atoms with Crippen LogP contribution in [0.15, 0.2) is 34.7 Å². The van der Waals surface area contributed by atoms with Crippen molar-refractivity contribution in [3.05, 3.63) is 47.7 Å². The lowest BCUT2D eigenvalue weighted by atomic mass is 10.2. The Labute approximate surface area is 98.2 Å². The molecular weight excluding hydrogens is 221 g/mol. The Morgan fingerprint density at radius 1 is 1.29 bits per heavy atom. The molecule has 1 aromatic carbocycles. The summed E-state index contributed by atoms with van der Waals surface area (Å²) in [7, 11) is 0. The molecule has 17 heavy (non-hydrogen) atoms. The van der Waals surface area contributed by atoms with Crippen molar-refractivity contribution in [3.63, 3.8) is 0 Å². The molecule has 0 amide bonds. The van der Waals surface area contributed by atoms with Crippen molar-refractivity contribution in [3.8, 4) is 5.75 Å². The molecule has 1 aliphatic rings. The summed E-state index contributed by atoms with van der Waals surface area (Å²) in [5, 5.41) is 3.14. The molecule has 0 spiro atoms. The van der Waals surface area contributed by atoms with Gasteiger partial charge in [-0.25, -0.2) is 4.39 Å². The monoisotopic (exact) mass is 233 g/mol. The van der Waals surface area contributed by atoms with Crippen LogP contribution in [0.5, 0.6) is 5.75 Å². The molecular formula is C13H12FNO2. The molecule has 1 aromatic heterocycles. The molecule has 1 unspecified atom stereocenters. The summed E-state index contributed by atoms with van der Waals surface area (Å²) in [5.74, 6) is 2.02. The highest BCUT2D eigenvalue weighted by Gasteiger charge is 2.23. The van der Waals surface area contributed by atoms with Gasteiger partial charge in [0.1, 0.15) is 23.1 Å². The fourth-order valence-corrected chi connectivity index (χ4v) is 1.93. The minimum atomic E-state index is -0.271. The Bertz CT molecular complexity index is 550. The molecule has 1 N–H and O–H groups in total. The van der Waals surface area contributed by atoms with Crippen molar-refractivity contribution in [1.82, 2.24) is 0 Å². The summed E-state index contributed by atoms with van der Waals surface area (Å²) < 4.78 is 24.3. The fraction of sp³-hybridized carbons (Fsp3) is 0.231. The molecule has 0 saturated carbocycles. The van der Waals surface area contributed by atoms with Gasteiger partial charge in [0.05, 0.1) is 12.2 Å². The van der Waals surface area contributed by atoms with Gasteiger partial charge in [0, 0.05) is 6.07 Å². The molecule has 2 aromatic rings. The first-order chi connectivity index (χ1) is 8.22. The first-order valence-corrected chi connectivity index (χ1v) is 5.49. The number of halogens is 1. The van der Waals surface area contributed by atoms with Gasteiger partial charge < -0.3 is 14.5 Å². The molecule has 3 nitrogen and oxygen atoms in total. The first kappa shape index (κ1) is 10.2. The molecule has 0 saturated heterocycles. The third kappa shape index (κ3) is 1.86. The average molecular weight is 233 g/mol. The largest absolute Gasteiger partial charge is 0.478 e. The van der Waals surface area contributed by atoms with E-state index in [2.05, 4.69) is 5.32 Å². The van der Waals surface area contributed by atoms with Crippen LogP contribution in [-0.2, 0) is 0 Å². The number of benzene rings is 1. The van der Waals surface area contributed by atoms with Gasteiger partial charge >= 0.3 is 0 Å². The topological polar surface area (TPSA) is 34.4 Å². The van der Waals surface area contributed by atoms with Crippen LogP contribution in [0.1, 0.15) is 17.6 Å². The van der Waals surface area contributed by atoms with Crippen molar-refractivity contribution in [2.45, 2.75) is 13.0 Å². The number of ether oxygens (including phenoxy) is 1. The molecule has 2 heterocycles. The highest BCUT2D eigenvalue weighted by Crippen LogP contribution is 2.34. The number of hydrogen-bond acceptors (Lipinski definition) is 3. The molecule has 3 rings (SSSR count). The molecule has 0 aliphatic carbocycles. The van der Waals surface area contributed by atoms with E-state index >= 15 is 0 Å². The van der Waals surface area contributed by atoms with Crippen LogP contribution in [0.4, 0.5) is 10.1 Å². The van der Waals surface area contributed by atoms with Gasteiger partial charge in [-0.2, -0.15) is 0 Å². The summed E-state index contributed by atoms with van der Waals surface area (Å²) in [6.45, 7) is 2.46. The van der Waals surface area contributed by atoms with Gasteiger partial charge in [0.25, 0.3) is 0 Å². The number of furan rings is 1. The average Bonchev–Trinajstić information content (AvgIpc) is 2.75. The lowest BCUT2D eigenvalue weighted by Gasteiger charge is -2.26. The van der Waals surface area contributed by atoms with E-state index in [0.29, 0.717) is 18.0 Å². The first-order valence-electron chi connectivity index (χ1n) is 5.49. The second-order valence-corrected chi connectivity index (χ2v) is 4.08. The van der Waals surface area contributed by atoms with Crippen LogP contribution in [-0.4, -0.2) is 6.54 Å². The number of nitrogens with one attached hydrogen (secondary N) is 1. The number of hydrogen-bond donors (Lipinski definition) is 1. The zero-order valence-electron chi connectivity index (χ0n) is 9.37. The van der Waals surface area contributed by atoms with Gasteiger partial charge in [0.2, 0.25) is 0 Å². The van der Waals surface area contributed by atoms with Crippen LogP contribution in [0.3, 0.4) is 0 Å². The van der Waals surface area contributed by atoms with Crippen molar-refractivity contribution in [2.75, 3.05) is 11.9 Å². The number of aryl methyl sites for hydroxylation is 1. The Hall–Kier alpha value is -1.97. The van der Waals surface area contributed by atoms with E-state index in [1.54, 1.807) is 6.07 Å². The highest BCUT2D eigenvalue weighted by molar-refractivity contribution is 5.58. The molecule has 0 bridgehead atoms. The standard InChI is InChI=1S/C13H12FNO2/c1-8-2-4-12(16-8)13-7-15-10-6-9(14)3-5-11(10)17-13/h2-6,13,15H,7H2,1H3. The van der Waals surface area contributed by atoms with E-state index in [-0.39, 0.29) is 11.9 Å². The maximum atomic E-state index is 13.0. The lowest BCUT2D eigenvalue weighted by Crippen LogP contribution is -2.23. The minimum Gasteiger partial charge on any atom is -0.478 e. The van der Waals surface area contributed by atoms with Crippen LogP contribution >= 0.6 is 0 Å². The Kier molecular flexibility index (Phi) is 2.28. The van der Waals surface area contributed by atoms with E-state index in [9.17, 15) is 4.39 Å². The van der Waals surface area contributed by atoms with Gasteiger partial charge in [-0.05, 0) is 31.2 Å². The van der Waals surface area contributed by atoms with E-state index in [0.717, 1.165) is 11.5 Å². The van der Waals surface area contributed by atoms with Gasteiger partial charge in [-0.3, -0.25) is 0 Å². The summed E-state index contributed by atoms with van der Waals surface area (Å²) in [6, 6.07) is 8.24. The maximum Gasteiger partial charge on any atom is 0.173 e. The van der Waals surface area contributed by atoms with Crippen LogP contribution in [0.2, 0.25) is 0 Å². The molecule has 0 radical (unpaired) electrons. The second-order valence-electron chi connectivity index (χ2n) is 4.08. The van der Waals surface area contributed by atoms with Crippen molar-refractivity contribution >= 4 is 5.69 Å². The predicted molar refractivity (Wildman–Crippen MR) is 61.7 cm³/mol. The van der Waals surface area contributed by atoms with Gasteiger partial charge in [0.15, 0.2) is 6.10 Å².